The van der Waals surface area contributed by atoms with Gasteiger partial charge in [0.15, 0.2) is 0 Å². The number of benzene rings is 2. The van der Waals surface area contributed by atoms with E-state index in [0.29, 0.717) is 30.9 Å². The molecule has 0 fully saturated rings. The topological polar surface area (TPSA) is 55.6 Å². The number of fused-ring (bicyclic) bond motifs is 1. The van der Waals surface area contributed by atoms with Crippen molar-refractivity contribution in [2.45, 2.75) is 13.0 Å². The summed E-state index contributed by atoms with van der Waals surface area (Å²) in [7, 11) is 0. The Balaban J connectivity index is 1.37. The molecule has 1 N–H and O–H groups in total. The number of carbonyl (C=O) groups excluding carboxylic acids is 1. The zero-order chi connectivity index (χ0) is 20.1. The Morgan fingerprint density at radius 1 is 1.03 bits per heavy atom. The minimum atomic E-state index is -0.156. The molecule has 2 aromatic heterocycles. The van der Waals surface area contributed by atoms with Gasteiger partial charge < -0.3 is 14.5 Å². The second kappa shape index (κ2) is 8.92. The summed E-state index contributed by atoms with van der Waals surface area (Å²) in [5.74, 6) is 0.407. The van der Waals surface area contributed by atoms with Crippen LogP contribution in [0.4, 0.5) is 0 Å². The van der Waals surface area contributed by atoms with Crippen molar-refractivity contribution in [1.82, 2.24) is 14.7 Å². The molecule has 2 aromatic carbocycles. The van der Waals surface area contributed by atoms with Crippen LogP contribution in [0.1, 0.15) is 21.6 Å². The maximum atomic E-state index is 12.7. The highest BCUT2D eigenvalue weighted by atomic mass is 79.9. The van der Waals surface area contributed by atoms with Crippen molar-refractivity contribution in [2.75, 3.05) is 6.54 Å². The Morgan fingerprint density at radius 2 is 1.83 bits per heavy atom. The maximum absolute atomic E-state index is 12.7. The van der Waals surface area contributed by atoms with Crippen molar-refractivity contribution in [1.29, 1.82) is 0 Å². The van der Waals surface area contributed by atoms with Gasteiger partial charge in [-0.25, -0.2) is 4.98 Å². The number of halogens is 1. The van der Waals surface area contributed by atoms with Gasteiger partial charge in [-0.15, -0.1) is 0 Å². The van der Waals surface area contributed by atoms with E-state index >= 15 is 0 Å². The number of nitrogens with zero attached hydrogens (tertiary/aromatic N) is 2. The van der Waals surface area contributed by atoms with Crippen LogP contribution in [-0.2, 0) is 13.0 Å². The first kappa shape index (κ1) is 19.2. The van der Waals surface area contributed by atoms with Crippen molar-refractivity contribution < 1.29 is 9.53 Å². The van der Waals surface area contributed by atoms with E-state index in [0.717, 1.165) is 21.4 Å². The molecule has 0 spiro atoms. The number of pyridine rings is 1. The first-order valence-corrected chi connectivity index (χ1v) is 10.2. The summed E-state index contributed by atoms with van der Waals surface area (Å²) in [6, 6.07) is 21.0. The third kappa shape index (κ3) is 4.66. The molecule has 0 saturated carbocycles. The third-order valence-electron chi connectivity index (χ3n) is 4.55. The van der Waals surface area contributed by atoms with Crippen LogP contribution < -0.4 is 10.1 Å². The average molecular weight is 450 g/mol. The Labute approximate surface area is 177 Å². The second-order valence-corrected chi connectivity index (χ2v) is 7.43. The van der Waals surface area contributed by atoms with Gasteiger partial charge in [-0.05, 0) is 30.3 Å². The van der Waals surface area contributed by atoms with E-state index < -0.39 is 0 Å². The monoisotopic (exact) mass is 449 g/mol. The highest BCUT2D eigenvalue weighted by molar-refractivity contribution is 9.10. The van der Waals surface area contributed by atoms with E-state index in [1.807, 2.05) is 77.5 Å². The number of hydrogen-bond acceptors (Lipinski definition) is 3. The molecule has 4 rings (SSSR count). The van der Waals surface area contributed by atoms with Gasteiger partial charge in [0.2, 0.25) is 0 Å². The van der Waals surface area contributed by atoms with E-state index in [1.54, 1.807) is 6.07 Å². The van der Waals surface area contributed by atoms with Gasteiger partial charge >= 0.3 is 0 Å². The van der Waals surface area contributed by atoms with Crippen LogP contribution in [0.5, 0.6) is 5.75 Å². The van der Waals surface area contributed by atoms with E-state index in [2.05, 4.69) is 26.2 Å². The minimum absolute atomic E-state index is 0.156. The van der Waals surface area contributed by atoms with Crippen molar-refractivity contribution in [3.63, 3.8) is 0 Å². The van der Waals surface area contributed by atoms with E-state index in [9.17, 15) is 4.79 Å². The molecular formula is C23H20BrN3O2. The fraction of sp³-hybridized carbons (Fsp3) is 0.130. The molecule has 0 saturated heterocycles. The summed E-state index contributed by atoms with van der Waals surface area (Å²) in [4.78, 5) is 17.2. The fourth-order valence-corrected chi connectivity index (χ4v) is 3.46. The molecule has 146 valence electrons. The summed E-state index contributed by atoms with van der Waals surface area (Å²) in [5.41, 5.74) is 3.39. The van der Waals surface area contributed by atoms with Crippen LogP contribution >= 0.6 is 15.9 Å². The quantitative estimate of drug-likeness (QED) is 0.446. The van der Waals surface area contributed by atoms with E-state index in [4.69, 9.17) is 4.74 Å². The van der Waals surface area contributed by atoms with Gasteiger partial charge in [-0.2, -0.15) is 0 Å². The molecular weight excluding hydrogens is 430 g/mol. The Hall–Kier alpha value is -3.12. The predicted molar refractivity (Wildman–Crippen MR) is 116 cm³/mol. The van der Waals surface area contributed by atoms with Gasteiger partial charge in [0.1, 0.15) is 18.0 Å². The Morgan fingerprint density at radius 3 is 2.69 bits per heavy atom. The lowest BCUT2D eigenvalue weighted by Crippen LogP contribution is -2.26. The molecule has 0 aliphatic heterocycles. The molecule has 2 heterocycles. The second-order valence-electron chi connectivity index (χ2n) is 6.58. The molecule has 0 aliphatic carbocycles. The first-order chi connectivity index (χ1) is 14.2. The number of hydrogen-bond donors (Lipinski definition) is 1. The normalized spacial score (nSPS) is 10.8. The number of ether oxygens (including phenoxy) is 1. The molecule has 5 nitrogen and oxygen atoms in total. The molecule has 6 heteroatoms. The molecule has 0 bridgehead atoms. The zero-order valence-corrected chi connectivity index (χ0v) is 17.3. The third-order valence-corrected chi connectivity index (χ3v) is 5.33. The van der Waals surface area contributed by atoms with Crippen molar-refractivity contribution in [3.8, 4) is 5.75 Å². The molecule has 1 amide bonds. The summed E-state index contributed by atoms with van der Waals surface area (Å²) in [6.07, 6.45) is 4.60. The van der Waals surface area contributed by atoms with Crippen molar-refractivity contribution >= 4 is 27.5 Å². The molecule has 0 atom stereocenters. The van der Waals surface area contributed by atoms with Gasteiger partial charge in [-0.1, -0.05) is 52.3 Å². The summed E-state index contributed by atoms with van der Waals surface area (Å²) < 4.78 is 8.88. The molecule has 0 radical (unpaired) electrons. The van der Waals surface area contributed by atoms with E-state index in [-0.39, 0.29) is 5.91 Å². The van der Waals surface area contributed by atoms with Gasteiger partial charge in [0.05, 0.1) is 11.3 Å². The molecule has 4 aromatic rings. The number of amides is 1. The van der Waals surface area contributed by atoms with Crippen LogP contribution in [-0.4, -0.2) is 21.8 Å². The van der Waals surface area contributed by atoms with Gasteiger partial charge in [-0.3, -0.25) is 4.79 Å². The lowest BCUT2D eigenvalue weighted by atomic mass is 10.2. The first-order valence-electron chi connectivity index (χ1n) is 9.37. The van der Waals surface area contributed by atoms with Crippen LogP contribution in [0.3, 0.4) is 0 Å². The fourth-order valence-electron chi connectivity index (χ4n) is 3.06. The summed E-state index contributed by atoms with van der Waals surface area (Å²) in [6.45, 7) is 0.883. The molecule has 0 unspecified atom stereocenters. The average Bonchev–Trinajstić information content (AvgIpc) is 3.16. The Kier molecular flexibility index (Phi) is 5.91. The zero-order valence-electron chi connectivity index (χ0n) is 15.7. The van der Waals surface area contributed by atoms with Gasteiger partial charge in [0, 0.05) is 35.4 Å². The number of para-hydroxylation sites is 1. The largest absolute Gasteiger partial charge is 0.488 e. The number of nitrogens with one attached hydrogen (secondary N) is 1. The molecule has 29 heavy (non-hydrogen) atoms. The summed E-state index contributed by atoms with van der Waals surface area (Å²) in [5, 5.41) is 2.96. The lowest BCUT2D eigenvalue weighted by Gasteiger charge is -2.12. The number of imidazole rings is 1. The maximum Gasteiger partial charge on any atom is 0.255 e. The predicted octanol–water partition coefficient (Wildman–Crippen LogP) is 4.65. The van der Waals surface area contributed by atoms with Crippen LogP contribution in [0, 0.1) is 0 Å². The van der Waals surface area contributed by atoms with Crippen LogP contribution in [0.2, 0.25) is 0 Å². The minimum Gasteiger partial charge on any atom is -0.488 e. The van der Waals surface area contributed by atoms with Crippen molar-refractivity contribution in [3.05, 3.63) is 100 Å². The standard InChI is InChI=1S/C23H20BrN3O2/c24-20-9-3-1-7-17(20)16-29-21-10-4-2-8-19(21)23(28)25-13-12-18-15-27-14-6-5-11-22(27)26-18/h1-11,14-15H,12-13,16H2,(H,25,28). The lowest BCUT2D eigenvalue weighted by molar-refractivity contribution is 0.0949. The van der Waals surface area contributed by atoms with Crippen LogP contribution in [0.25, 0.3) is 5.65 Å². The summed E-state index contributed by atoms with van der Waals surface area (Å²) >= 11 is 3.52. The SMILES string of the molecule is O=C(NCCc1cn2ccccc2n1)c1ccccc1OCc1ccccc1Br. The molecule has 0 aliphatic rings. The highest BCUT2D eigenvalue weighted by Gasteiger charge is 2.12. The number of aromatic nitrogens is 2. The van der Waals surface area contributed by atoms with Crippen molar-refractivity contribution in [2.24, 2.45) is 0 Å². The van der Waals surface area contributed by atoms with E-state index in [1.165, 1.54) is 0 Å². The van der Waals surface area contributed by atoms with Gasteiger partial charge in [0.25, 0.3) is 5.91 Å². The number of rotatable bonds is 7. The highest BCUT2D eigenvalue weighted by Crippen LogP contribution is 2.22. The Bertz CT molecular complexity index is 1110. The van der Waals surface area contributed by atoms with Crippen LogP contribution in [0.15, 0.2) is 83.6 Å². The number of carbonyl (C=O) groups is 1. The smallest absolute Gasteiger partial charge is 0.255 e.